The maximum Gasteiger partial charge on any atom is 0.0172 e. The number of rotatable bonds is 6. The third kappa shape index (κ3) is 4.18. The van der Waals surface area contributed by atoms with Gasteiger partial charge in [-0.25, -0.2) is 0 Å². The van der Waals surface area contributed by atoms with Crippen molar-refractivity contribution in [2.45, 2.75) is 105 Å². The van der Waals surface area contributed by atoms with Crippen molar-refractivity contribution in [3.8, 4) is 0 Å². The molecule has 0 spiro atoms. The smallest absolute Gasteiger partial charge is 0.0172 e. The molecule has 4 aliphatic carbocycles. The second-order valence-corrected chi connectivity index (χ2v) is 12.1. The quantitative estimate of drug-likeness (QED) is 0.480. The maximum absolute atomic E-state index is 4.07. The molecule has 29 heavy (non-hydrogen) atoms. The first-order chi connectivity index (χ1) is 13.9. The zero-order valence-electron chi connectivity index (χ0n) is 20.0. The predicted molar refractivity (Wildman–Crippen MR) is 126 cm³/mol. The van der Waals surface area contributed by atoms with Crippen LogP contribution in [0.5, 0.6) is 0 Å². The van der Waals surface area contributed by atoms with E-state index in [1.54, 1.807) is 38.5 Å². The first-order valence-electron chi connectivity index (χ1n) is 13.3. The maximum atomic E-state index is 4.07. The highest BCUT2D eigenvalue weighted by molar-refractivity contribution is 5.05. The molecule has 0 bridgehead atoms. The zero-order chi connectivity index (χ0) is 20.6. The Morgan fingerprint density at radius 3 is 2.59 bits per heavy atom. The molecule has 4 rings (SSSR count). The minimum Gasteiger partial charge on any atom is -0.389 e. The first kappa shape index (κ1) is 21.8. The molecule has 4 fully saturated rings. The summed E-state index contributed by atoms with van der Waals surface area (Å²) in [6.07, 6.45) is 18.3. The van der Waals surface area contributed by atoms with Gasteiger partial charge in [0, 0.05) is 12.2 Å². The summed E-state index contributed by atoms with van der Waals surface area (Å²) in [6, 6.07) is 0. The van der Waals surface area contributed by atoms with Crippen LogP contribution in [0.1, 0.15) is 105 Å². The fraction of sp³-hybridized carbons (Fsp3) is 0.929. The van der Waals surface area contributed by atoms with Crippen LogP contribution in [-0.4, -0.2) is 6.54 Å². The Balaban J connectivity index is 1.46. The van der Waals surface area contributed by atoms with Gasteiger partial charge in [-0.15, -0.1) is 0 Å². The Bertz CT molecular complexity index is 567. The Labute approximate surface area is 181 Å². The summed E-state index contributed by atoms with van der Waals surface area (Å²) in [5, 5.41) is 3.57. The Morgan fingerprint density at radius 1 is 1.03 bits per heavy atom. The molecule has 1 heteroatoms. The second-order valence-electron chi connectivity index (χ2n) is 12.1. The van der Waals surface area contributed by atoms with E-state index in [0.29, 0.717) is 5.41 Å². The van der Waals surface area contributed by atoms with E-state index in [9.17, 15) is 0 Å². The van der Waals surface area contributed by atoms with Crippen molar-refractivity contribution < 1.29 is 0 Å². The SMILES string of the molecule is C=C(C)NCC(C)C1CCCC2C3CCC4CC(CCC)CCC4C3CCC12C. The van der Waals surface area contributed by atoms with E-state index >= 15 is 0 Å². The number of hydrogen-bond acceptors (Lipinski definition) is 1. The minimum absolute atomic E-state index is 0.599. The molecule has 0 radical (unpaired) electrons. The van der Waals surface area contributed by atoms with E-state index in [1.807, 2.05) is 0 Å². The number of hydrogen-bond donors (Lipinski definition) is 1. The van der Waals surface area contributed by atoms with Crippen molar-refractivity contribution >= 4 is 0 Å². The first-order valence-corrected chi connectivity index (χ1v) is 13.3. The van der Waals surface area contributed by atoms with Crippen molar-refractivity contribution in [3.05, 3.63) is 12.3 Å². The van der Waals surface area contributed by atoms with E-state index in [1.165, 1.54) is 38.5 Å². The molecule has 0 amide bonds. The summed E-state index contributed by atoms with van der Waals surface area (Å²) in [4.78, 5) is 0. The molecule has 4 aliphatic rings. The van der Waals surface area contributed by atoms with Gasteiger partial charge in [-0.05, 0) is 111 Å². The summed E-state index contributed by atoms with van der Waals surface area (Å²) in [7, 11) is 0. The minimum atomic E-state index is 0.599. The second kappa shape index (κ2) is 8.96. The third-order valence-corrected chi connectivity index (χ3v) is 10.5. The molecule has 1 nitrogen and oxygen atoms in total. The van der Waals surface area contributed by atoms with Crippen molar-refractivity contribution in [2.75, 3.05) is 6.54 Å². The lowest BCUT2D eigenvalue weighted by atomic mass is 9.44. The molecule has 0 heterocycles. The molecular weight excluding hydrogens is 350 g/mol. The largest absolute Gasteiger partial charge is 0.389 e. The lowest BCUT2D eigenvalue weighted by Crippen LogP contribution is -2.54. The average molecular weight is 400 g/mol. The van der Waals surface area contributed by atoms with E-state index in [0.717, 1.165) is 59.6 Å². The molecule has 0 saturated heterocycles. The number of allylic oxidation sites excluding steroid dienone is 1. The molecule has 0 aliphatic heterocycles. The average Bonchev–Trinajstić information content (AvgIpc) is 2.70. The monoisotopic (exact) mass is 399 g/mol. The van der Waals surface area contributed by atoms with Crippen LogP contribution in [0.4, 0.5) is 0 Å². The van der Waals surface area contributed by atoms with Crippen molar-refractivity contribution in [1.82, 2.24) is 5.32 Å². The molecule has 0 aromatic heterocycles. The highest BCUT2D eigenvalue weighted by Crippen LogP contribution is 2.64. The van der Waals surface area contributed by atoms with Crippen LogP contribution in [0, 0.1) is 52.8 Å². The molecule has 9 atom stereocenters. The highest BCUT2D eigenvalue weighted by atomic mass is 14.9. The Hall–Kier alpha value is -0.460. The lowest BCUT2D eigenvalue weighted by molar-refractivity contribution is -0.120. The predicted octanol–water partition coefficient (Wildman–Crippen LogP) is 7.82. The lowest BCUT2D eigenvalue weighted by Gasteiger charge is -2.61. The third-order valence-electron chi connectivity index (χ3n) is 10.5. The molecule has 4 saturated carbocycles. The molecule has 166 valence electrons. The standard InChI is InChI=1S/C28H49N/c1-6-8-21-11-13-23-22(17-21)12-14-25-24(23)15-16-28(5)26(9-7-10-27(25)28)20(4)18-29-19(2)3/h20-27,29H,2,6-18H2,1,3-5H3. The van der Waals surface area contributed by atoms with Gasteiger partial charge in [0.25, 0.3) is 0 Å². The van der Waals surface area contributed by atoms with Crippen LogP contribution in [0.2, 0.25) is 0 Å². The Kier molecular flexibility index (Phi) is 6.72. The van der Waals surface area contributed by atoms with Crippen molar-refractivity contribution in [1.29, 1.82) is 0 Å². The van der Waals surface area contributed by atoms with Gasteiger partial charge in [0.1, 0.15) is 0 Å². The van der Waals surface area contributed by atoms with Crippen LogP contribution in [0.25, 0.3) is 0 Å². The van der Waals surface area contributed by atoms with Gasteiger partial charge in [0.05, 0.1) is 0 Å². The molecular formula is C28H49N. The molecule has 0 aromatic rings. The zero-order valence-corrected chi connectivity index (χ0v) is 20.0. The van der Waals surface area contributed by atoms with Gasteiger partial charge in [0.2, 0.25) is 0 Å². The van der Waals surface area contributed by atoms with Gasteiger partial charge in [0.15, 0.2) is 0 Å². The highest BCUT2D eigenvalue weighted by Gasteiger charge is 2.55. The van der Waals surface area contributed by atoms with Gasteiger partial charge in [-0.1, -0.05) is 53.0 Å². The van der Waals surface area contributed by atoms with Crippen LogP contribution >= 0.6 is 0 Å². The fourth-order valence-corrected chi connectivity index (χ4v) is 9.27. The number of nitrogens with one attached hydrogen (secondary N) is 1. The summed E-state index contributed by atoms with van der Waals surface area (Å²) < 4.78 is 0. The van der Waals surface area contributed by atoms with Crippen molar-refractivity contribution in [3.63, 3.8) is 0 Å². The topological polar surface area (TPSA) is 12.0 Å². The van der Waals surface area contributed by atoms with Gasteiger partial charge in [-0.3, -0.25) is 0 Å². The Morgan fingerprint density at radius 2 is 1.83 bits per heavy atom. The molecule has 9 unspecified atom stereocenters. The molecule has 1 N–H and O–H groups in total. The summed E-state index contributed by atoms with van der Waals surface area (Å²) in [5.74, 6) is 8.08. The van der Waals surface area contributed by atoms with E-state index in [-0.39, 0.29) is 0 Å². The van der Waals surface area contributed by atoms with Crippen LogP contribution in [0.3, 0.4) is 0 Å². The summed E-state index contributed by atoms with van der Waals surface area (Å²) in [5.41, 5.74) is 1.73. The summed E-state index contributed by atoms with van der Waals surface area (Å²) in [6.45, 7) is 14.9. The fourth-order valence-electron chi connectivity index (χ4n) is 9.27. The van der Waals surface area contributed by atoms with E-state index < -0.39 is 0 Å². The van der Waals surface area contributed by atoms with Crippen molar-refractivity contribution in [2.24, 2.45) is 52.8 Å². The normalized spacial score (nSPS) is 45.4. The van der Waals surface area contributed by atoms with E-state index in [2.05, 4.69) is 39.6 Å². The van der Waals surface area contributed by atoms with E-state index in [4.69, 9.17) is 0 Å². The number of fused-ring (bicyclic) bond motifs is 5. The summed E-state index contributed by atoms with van der Waals surface area (Å²) >= 11 is 0. The van der Waals surface area contributed by atoms with Crippen LogP contribution in [-0.2, 0) is 0 Å². The molecule has 0 aromatic carbocycles. The van der Waals surface area contributed by atoms with Crippen LogP contribution < -0.4 is 5.32 Å². The van der Waals surface area contributed by atoms with Gasteiger partial charge >= 0.3 is 0 Å². The van der Waals surface area contributed by atoms with Crippen LogP contribution in [0.15, 0.2) is 12.3 Å². The van der Waals surface area contributed by atoms with Gasteiger partial charge < -0.3 is 5.32 Å². The van der Waals surface area contributed by atoms with Gasteiger partial charge in [-0.2, -0.15) is 0 Å².